The Kier molecular flexibility index (Phi) is 5.21. The number of hydrogen-bond acceptors (Lipinski definition) is 3. The number of aryl methyl sites for hydroxylation is 2. The number of ether oxygens (including phenoxy) is 1. The van der Waals surface area contributed by atoms with Gasteiger partial charge >= 0.3 is 0 Å². The van der Waals surface area contributed by atoms with Gasteiger partial charge in [0.25, 0.3) is 0 Å². The SMILES string of the molecule is CCCc1ccc(OC(c2sccc2C)C(C)N)cc1. The summed E-state index contributed by atoms with van der Waals surface area (Å²) < 4.78 is 6.12. The van der Waals surface area contributed by atoms with E-state index in [0.29, 0.717) is 0 Å². The second kappa shape index (κ2) is 6.91. The van der Waals surface area contributed by atoms with Gasteiger partial charge in [-0.3, -0.25) is 0 Å². The maximum atomic E-state index is 6.12. The third-order valence-corrected chi connectivity index (χ3v) is 4.44. The molecular weight excluding hydrogens is 266 g/mol. The van der Waals surface area contributed by atoms with Gasteiger partial charge in [-0.05, 0) is 55.0 Å². The summed E-state index contributed by atoms with van der Waals surface area (Å²) in [4.78, 5) is 1.22. The molecule has 0 fully saturated rings. The number of benzene rings is 1. The quantitative estimate of drug-likeness (QED) is 0.851. The maximum Gasteiger partial charge on any atom is 0.148 e. The van der Waals surface area contributed by atoms with E-state index in [9.17, 15) is 0 Å². The minimum atomic E-state index is -0.0768. The van der Waals surface area contributed by atoms with Crippen LogP contribution in [0.2, 0.25) is 0 Å². The fraction of sp³-hybridized carbons (Fsp3) is 0.412. The number of nitrogens with two attached hydrogens (primary N) is 1. The van der Waals surface area contributed by atoms with Crippen LogP contribution in [0.15, 0.2) is 35.7 Å². The smallest absolute Gasteiger partial charge is 0.148 e. The van der Waals surface area contributed by atoms with Crippen molar-refractivity contribution in [1.82, 2.24) is 0 Å². The zero-order chi connectivity index (χ0) is 14.5. The molecular formula is C17H23NOS. The van der Waals surface area contributed by atoms with E-state index >= 15 is 0 Å². The van der Waals surface area contributed by atoms with Gasteiger partial charge in [-0.1, -0.05) is 25.5 Å². The normalized spacial score (nSPS) is 14.0. The Morgan fingerprint density at radius 3 is 2.40 bits per heavy atom. The van der Waals surface area contributed by atoms with E-state index in [-0.39, 0.29) is 12.1 Å². The lowest BCUT2D eigenvalue weighted by Gasteiger charge is -2.22. The Balaban J connectivity index is 2.14. The molecule has 20 heavy (non-hydrogen) atoms. The predicted molar refractivity (Wildman–Crippen MR) is 86.5 cm³/mol. The van der Waals surface area contributed by atoms with Crippen molar-refractivity contribution in [3.8, 4) is 5.75 Å². The van der Waals surface area contributed by atoms with Crippen molar-refractivity contribution >= 4 is 11.3 Å². The molecule has 0 aliphatic rings. The average molecular weight is 289 g/mol. The van der Waals surface area contributed by atoms with Crippen molar-refractivity contribution in [3.05, 3.63) is 51.7 Å². The molecule has 2 aromatic rings. The van der Waals surface area contributed by atoms with Gasteiger partial charge in [0.1, 0.15) is 11.9 Å². The first-order valence-corrected chi connectivity index (χ1v) is 8.05. The molecule has 0 bridgehead atoms. The third kappa shape index (κ3) is 3.62. The van der Waals surface area contributed by atoms with Crippen LogP contribution >= 0.6 is 11.3 Å². The average Bonchev–Trinajstić information content (AvgIpc) is 2.84. The molecule has 0 aliphatic heterocycles. The van der Waals surface area contributed by atoms with Gasteiger partial charge in [-0.2, -0.15) is 0 Å². The molecule has 2 atom stereocenters. The number of rotatable bonds is 6. The summed E-state index contributed by atoms with van der Waals surface area (Å²) in [5.41, 5.74) is 8.71. The number of thiophene rings is 1. The molecule has 0 saturated heterocycles. The number of hydrogen-bond donors (Lipinski definition) is 1. The van der Waals surface area contributed by atoms with Crippen LogP contribution in [0.1, 0.15) is 42.4 Å². The van der Waals surface area contributed by atoms with Crippen LogP contribution in [0, 0.1) is 6.92 Å². The summed E-state index contributed by atoms with van der Waals surface area (Å²) in [7, 11) is 0. The summed E-state index contributed by atoms with van der Waals surface area (Å²) in [6.45, 7) is 6.29. The predicted octanol–water partition coefficient (Wildman–Crippen LogP) is 4.48. The highest BCUT2D eigenvalue weighted by Gasteiger charge is 2.21. The van der Waals surface area contributed by atoms with E-state index in [4.69, 9.17) is 10.5 Å². The zero-order valence-electron chi connectivity index (χ0n) is 12.4. The first-order valence-electron chi connectivity index (χ1n) is 7.17. The highest BCUT2D eigenvalue weighted by molar-refractivity contribution is 7.10. The second-order valence-electron chi connectivity index (χ2n) is 5.26. The van der Waals surface area contributed by atoms with E-state index in [1.165, 1.54) is 16.0 Å². The fourth-order valence-corrected chi connectivity index (χ4v) is 3.32. The van der Waals surface area contributed by atoms with E-state index < -0.39 is 0 Å². The molecule has 2 unspecified atom stereocenters. The van der Waals surface area contributed by atoms with Crippen molar-refractivity contribution in [2.75, 3.05) is 0 Å². The standard InChI is InChI=1S/C17H23NOS/c1-4-5-14-6-8-15(9-7-14)19-16(13(3)18)17-12(2)10-11-20-17/h6-11,13,16H,4-5,18H2,1-3H3. The molecule has 0 saturated carbocycles. The van der Waals surface area contributed by atoms with Gasteiger partial charge in [0.05, 0.1) is 0 Å². The Labute approximate surface area is 125 Å². The largest absolute Gasteiger partial charge is 0.483 e. The molecule has 108 valence electrons. The molecule has 3 heteroatoms. The molecule has 1 aromatic carbocycles. The van der Waals surface area contributed by atoms with E-state index in [1.54, 1.807) is 11.3 Å². The molecule has 0 amide bonds. The molecule has 0 spiro atoms. The second-order valence-corrected chi connectivity index (χ2v) is 6.21. The van der Waals surface area contributed by atoms with Crippen molar-refractivity contribution < 1.29 is 4.74 Å². The topological polar surface area (TPSA) is 35.2 Å². The third-order valence-electron chi connectivity index (χ3n) is 3.36. The van der Waals surface area contributed by atoms with E-state index in [1.807, 2.05) is 19.1 Å². The Hall–Kier alpha value is -1.32. The van der Waals surface area contributed by atoms with Gasteiger partial charge < -0.3 is 10.5 Å². The summed E-state index contributed by atoms with van der Waals surface area (Å²) in [5.74, 6) is 0.889. The summed E-state index contributed by atoms with van der Waals surface area (Å²) >= 11 is 1.71. The monoisotopic (exact) mass is 289 g/mol. The molecule has 1 aromatic heterocycles. The molecule has 2 N–H and O–H groups in total. The first-order chi connectivity index (χ1) is 9.61. The first kappa shape index (κ1) is 15.1. The zero-order valence-corrected chi connectivity index (χ0v) is 13.2. The van der Waals surface area contributed by atoms with Crippen molar-refractivity contribution in [3.63, 3.8) is 0 Å². The summed E-state index contributed by atoms with van der Waals surface area (Å²) in [6, 6.07) is 10.4. The lowest BCUT2D eigenvalue weighted by atomic mass is 10.1. The molecule has 2 nitrogen and oxygen atoms in total. The molecule has 1 heterocycles. The van der Waals surface area contributed by atoms with Crippen LogP contribution in [0.25, 0.3) is 0 Å². The van der Waals surface area contributed by atoms with Gasteiger partial charge in [0.15, 0.2) is 0 Å². The maximum absolute atomic E-state index is 6.12. The molecule has 2 rings (SSSR count). The highest BCUT2D eigenvalue weighted by atomic mass is 32.1. The van der Waals surface area contributed by atoms with Crippen molar-refractivity contribution in [2.24, 2.45) is 5.73 Å². The summed E-state index contributed by atoms with van der Waals surface area (Å²) in [5, 5.41) is 2.09. The van der Waals surface area contributed by atoms with Crippen LogP contribution in [0.4, 0.5) is 0 Å². The molecule has 0 radical (unpaired) electrons. The Bertz CT molecular complexity index is 530. The van der Waals surface area contributed by atoms with Crippen molar-refractivity contribution in [2.45, 2.75) is 45.8 Å². The van der Waals surface area contributed by atoms with E-state index in [0.717, 1.165) is 18.6 Å². The Morgan fingerprint density at radius 2 is 1.90 bits per heavy atom. The fourth-order valence-electron chi connectivity index (χ4n) is 2.25. The minimum absolute atomic E-state index is 0.0392. The highest BCUT2D eigenvalue weighted by Crippen LogP contribution is 2.30. The van der Waals surface area contributed by atoms with Crippen LogP contribution in [0.5, 0.6) is 5.75 Å². The minimum Gasteiger partial charge on any atom is -0.483 e. The van der Waals surface area contributed by atoms with Crippen molar-refractivity contribution in [1.29, 1.82) is 0 Å². The molecule has 0 aliphatic carbocycles. The van der Waals surface area contributed by atoms with Crippen LogP contribution in [-0.4, -0.2) is 6.04 Å². The lowest BCUT2D eigenvalue weighted by Crippen LogP contribution is -2.28. The van der Waals surface area contributed by atoms with Gasteiger partial charge in [-0.15, -0.1) is 11.3 Å². The van der Waals surface area contributed by atoms with Gasteiger partial charge in [-0.25, -0.2) is 0 Å². The van der Waals surface area contributed by atoms with Crippen LogP contribution in [-0.2, 0) is 6.42 Å². The lowest BCUT2D eigenvalue weighted by molar-refractivity contribution is 0.183. The van der Waals surface area contributed by atoms with Crippen LogP contribution < -0.4 is 10.5 Å². The van der Waals surface area contributed by atoms with Gasteiger partial charge in [0.2, 0.25) is 0 Å². The summed E-state index contributed by atoms with van der Waals surface area (Å²) in [6.07, 6.45) is 2.20. The van der Waals surface area contributed by atoms with E-state index in [2.05, 4.69) is 37.4 Å². The van der Waals surface area contributed by atoms with Gasteiger partial charge in [0, 0.05) is 10.9 Å². The van der Waals surface area contributed by atoms with Crippen LogP contribution in [0.3, 0.4) is 0 Å². The Morgan fingerprint density at radius 1 is 1.20 bits per heavy atom.